The van der Waals surface area contributed by atoms with Gasteiger partial charge in [-0.25, -0.2) is 24.0 Å². The van der Waals surface area contributed by atoms with E-state index in [1.165, 1.54) is 6.07 Å². The molecule has 6 rings (SSSR count). The normalized spacial score (nSPS) is 14.5. The molecule has 188 valence electrons. The highest BCUT2D eigenvalue weighted by Crippen LogP contribution is 2.36. The molecule has 0 unspecified atom stereocenters. The van der Waals surface area contributed by atoms with Crippen LogP contribution in [0.25, 0.3) is 33.1 Å². The summed E-state index contributed by atoms with van der Waals surface area (Å²) >= 11 is 6.59. The van der Waals surface area contributed by atoms with Crippen molar-refractivity contribution in [1.82, 2.24) is 29.5 Å². The monoisotopic (exact) mass is 519 g/mol. The van der Waals surface area contributed by atoms with Gasteiger partial charge in [-0.05, 0) is 24.3 Å². The number of nitrogens with zero attached hydrogens (tertiary/aromatic N) is 7. The molecule has 0 radical (unpaired) electrons. The lowest BCUT2D eigenvalue weighted by Gasteiger charge is -2.36. The Bertz CT molecular complexity index is 1570. The molecule has 1 fully saturated rings. The van der Waals surface area contributed by atoms with Gasteiger partial charge in [-0.1, -0.05) is 11.6 Å². The van der Waals surface area contributed by atoms with Crippen molar-refractivity contribution in [2.45, 2.75) is 0 Å². The predicted molar refractivity (Wildman–Crippen MR) is 139 cm³/mol. The second-order valence-corrected chi connectivity index (χ2v) is 9.13. The van der Waals surface area contributed by atoms with Crippen LogP contribution in [0.2, 0.25) is 5.02 Å². The quantitative estimate of drug-likeness (QED) is 0.361. The number of aliphatic hydroxyl groups excluding tert-OH is 1. The van der Waals surface area contributed by atoms with E-state index in [2.05, 4.69) is 29.8 Å². The molecule has 0 bridgehead atoms. The third-order valence-electron chi connectivity index (χ3n) is 6.50. The molecule has 5 aromatic rings. The summed E-state index contributed by atoms with van der Waals surface area (Å²) in [5.74, 6) is 0.0219. The lowest BCUT2D eigenvalue weighted by molar-refractivity contribution is 0.181. The molecule has 0 saturated carbocycles. The summed E-state index contributed by atoms with van der Waals surface area (Å²) in [5.41, 5.74) is 3.00. The van der Waals surface area contributed by atoms with Crippen LogP contribution in [-0.4, -0.2) is 73.9 Å². The maximum atomic E-state index is 15.3. The van der Waals surface area contributed by atoms with Crippen molar-refractivity contribution in [2.75, 3.05) is 44.3 Å². The third kappa shape index (κ3) is 4.55. The molecule has 2 aromatic carbocycles. The van der Waals surface area contributed by atoms with Crippen LogP contribution in [0.1, 0.15) is 0 Å². The number of aliphatic hydroxyl groups is 1. The van der Waals surface area contributed by atoms with E-state index in [4.69, 9.17) is 16.3 Å². The molecule has 1 N–H and O–H groups in total. The first-order valence-corrected chi connectivity index (χ1v) is 12.3. The Labute approximate surface area is 216 Å². The van der Waals surface area contributed by atoms with Gasteiger partial charge in [0.25, 0.3) is 0 Å². The van der Waals surface area contributed by atoms with Gasteiger partial charge in [-0.2, -0.15) is 0 Å². The second kappa shape index (κ2) is 9.89. The number of piperazine rings is 1. The zero-order chi connectivity index (χ0) is 25.4. The molecule has 0 spiro atoms. The van der Waals surface area contributed by atoms with Crippen LogP contribution in [0.3, 0.4) is 0 Å². The maximum absolute atomic E-state index is 15.3. The van der Waals surface area contributed by atoms with E-state index in [9.17, 15) is 5.11 Å². The smallest absolute Gasteiger partial charge is 0.321 e. The number of aromatic nitrogens is 5. The van der Waals surface area contributed by atoms with Crippen LogP contribution in [0.5, 0.6) is 11.8 Å². The Hall–Kier alpha value is -3.86. The molecular formula is C26H23ClFN7O2. The lowest BCUT2D eigenvalue weighted by atomic mass is 10.0. The van der Waals surface area contributed by atoms with Crippen molar-refractivity contribution >= 4 is 33.5 Å². The Morgan fingerprint density at radius 1 is 0.946 bits per heavy atom. The minimum absolute atomic E-state index is 0.147. The second-order valence-electron chi connectivity index (χ2n) is 8.72. The van der Waals surface area contributed by atoms with Crippen molar-refractivity contribution in [3.8, 4) is 22.9 Å². The molecule has 1 aliphatic heterocycles. The van der Waals surface area contributed by atoms with E-state index in [0.29, 0.717) is 34.0 Å². The van der Waals surface area contributed by atoms with Crippen LogP contribution in [-0.2, 0) is 0 Å². The van der Waals surface area contributed by atoms with Gasteiger partial charge in [0.1, 0.15) is 28.9 Å². The molecule has 1 aliphatic rings. The number of hydrogen-bond acceptors (Lipinski definition) is 8. The third-order valence-corrected chi connectivity index (χ3v) is 6.81. The van der Waals surface area contributed by atoms with Gasteiger partial charge >= 0.3 is 6.01 Å². The standard InChI is InChI=1S/C26H23ClFN7O2/c27-21-12-17(37-26-29-4-1-5-30-26)2-3-18(21)19-13-20-23(14-22(19)28)31-15-24-25(20)35(16-32-24)34-8-6-33(7-9-34)10-11-36/h1-5,12-16,36H,6-11H2. The highest BCUT2D eigenvalue weighted by Gasteiger charge is 2.21. The van der Waals surface area contributed by atoms with E-state index < -0.39 is 5.82 Å². The number of halogens is 2. The largest absolute Gasteiger partial charge is 0.424 e. The predicted octanol–water partition coefficient (Wildman–Crippen LogP) is 3.87. The van der Waals surface area contributed by atoms with Crippen LogP contribution < -0.4 is 9.75 Å². The van der Waals surface area contributed by atoms with E-state index in [0.717, 1.165) is 42.6 Å². The minimum Gasteiger partial charge on any atom is -0.424 e. The summed E-state index contributed by atoms with van der Waals surface area (Å²) < 4.78 is 23.0. The molecule has 0 atom stereocenters. The van der Waals surface area contributed by atoms with Crippen molar-refractivity contribution in [2.24, 2.45) is 0 Å². The average molecular weight is 520 g/mol. The summed E-state index contributed by atoms with van der Waals surface area (Å²) in [5, 5.41) is 12.6. The lowest BCUT2D eigenvalue weighted by Crippen LogP contribution is -2.51. The molecule has 0 amide bonds. The summed E-state index contributed by atoms with van der Waals surface area (Å²) in [6, 6.07) is 10.1. The van der Waals surface area contributed by atoms with Crippen molar-refractivity contribution in [3.63, 3.8) is 0 Å². The Morgan fingerprint density at radius 2 is 1.76 bits per heavy atom. The van der Waals surface area contributed by atoms with E-state index in [-0.39, 0.29) is 12.6 Å². The molecule has 9 nitrogen and oxygen atoms in total. The topological polar surface area (TPSA) is 92.4 Å². The number of pyridine rings is 1. The maximum Gasteiger partial charge on any atom is 0.321 e. The summed E-state index contributed by atoms with van der Waals surface area (Å²) in [6.07, 6.45) is 6.61. The van der Waals surface area contributed by atoms with Crippen molar-refractivity contribution < 1.29 is 14.2 Å². The number of benzene rings is 2. The molecule has 0 aliphatic carbocycles. The Balaban J connectivity index is 1.38. The number of ether oxygens (including phenoxy) is 1. The molecule has 3 aromatic heterocycles. The number of hydrogen-bond donors (Lipinski definition) is 1. The fourth-order valence-corrected chi connectivity index (χ4v) is 4.93. The van der Waals surface area contributed by atoms with Crippen LogP contribution in [0.4, 0.5) is 4.39 Å². The Kier molecular flexibility index (Phi) is 6.29. The zero-order valence-corrected chi connectivity index (χ0v) is 20.5. The van der Waals surface area contributed by atoms with E-state index in [1.807, 2.05) is 4.68 Å². The highest BCUT2D eigenvalue weighted by molar-refractivity contribution is 6.33. The van der Waals surface area contributed by atoms with Gasteiger partial charge in [0.05, 0.1) is 23.3 Å². The summed E-state index contributed by atoms with van der Waals surface area (Å²) in [4.78, 5) is 19.3. The van der Waals surface area contributed by atoms with Crippen LogP contribution >= 0.6 is 11.6 Å². The first-order valence-electron chi connectivity index (χ1n) is 11.9. The van der Waals surface area contributed by atoms with Crippen molar-refractivity contribution in [3.05, 3.63) is 72.2 Å². The SMILES string of the molecule is OCCN1CCN(n2cnc3cnc4cc(F)c(-c5ccc(Oc6ncccn6)cc5Cl)cc4c32)CC1. The molecular weight excluding hydrogens is 497 g/mol. The van der Waals surface area contributed by atoms with Gasteiger partial charge in [0.2, 0.25) is 0 Å². The fraction of sp³-hybridized carbons (Fsp3) is 0.231. The highest BCUT2D eigenvalue weighted by atomic mass is 35.5. The van der Waals surface area contributed by atoms with Crippen molar-refractivity contribution in [1.29, 1.82) is 0 Å². The van der Waals surface area contributed by atoms with E-state index >= 15 is 4.39 Å². The average Bonchev–Trinajstić information content (AvgIpc) is 3.35. The van der Waals surface area contributed by atoms with Gasteiger partial charge in [-0.3, -0.25) is 9.88 Å². The fourth-order valence-electron chi connectivity index (χ4n) is 4.66. The number of β-amino-alcohol motifs (C(OH)–C–C–N with tert-alkyl or cyclic N) is 1. The zero-order valence-electron chi connectivity index (χ0n) is 19.8. The molecule has 37 heavy (non-hydrogen) atoms. The van der Waals surface area contributed by atoms with E-state index in [1.54, 1.807) is 55.2 Å². The van der Waals surface area contributed by atoms with Crippen LogP contribution in [0.15, 0.2) is 61.3 Å². The first-order chi connectivity index (χ1) is 18.1. The number of fused-ring (bicyclic) bond motifs is 3. The number of rotatable bonds is 6. The Morgan fingerprint density at radius 3 is 2.51 bits per heavy atom. The number of imidazole rings is 1. The van der Waals surface area contributed by atoms with Gasteiger partial charge in [-0.15, -0.1) is 0 Å². The minimum atomic E-state index is -0.426. The summed E-state index contributed by atoms with van der Waals surface area (Å²) in [6.45, 7) is 4.04. The van der Waals surface area contributed by atoms with Crippen LogP contribution in [0, 0.1) is 5.82 Å². The van der Waals surface area contributed by atoms with Gasteiger partial charge in [0, 0.05) is 73.8 Å². The first kappa shape index (κ1) is 23.5. The molecule has 4 heterocycles. The molecule has 11 heteroatoms. The summed E-state index contributed by atoms with van der Waals surface area (Å²) in [7, 11) is 0. The van der Waals surface area contributed by atoms with Gasteiger partial charge < -0.3 is 14.9 Å². The van der Waals surface area contributed by atoms with Gasteiger partial charge in [0.15, 0.2) is 0 Å². The molecule has 1 saturated heterocycles.